The van der Waals surface area contributed by atoms with E-state index in [1.165, 1.54) is 0 Å². The van der Waals surface area contributed by atoms with Crippen LogP contribution < -0.4 is 27.9 Å². The molecule has 18 heavy (non-hydrogen) atoms. The maximum Gasteiger partial charge on any atom is 0.200 e. The van der Waals surface area contributed by atoms with Crippen molar-refractivity contribution < 1.29 is 0 Å². The molecule has 0 atom stereocenters. The van der Waals surface area contributed by atoms with Gasteiger partial charge in [0.15, 0.2) is 0 Å². The van der Waals surface area contributed by atoms with Crippen molar-refractivity contribution in [1.29, 1.82) is 5.41 Å². The van der Waals surface area contributed by atoms with Crippen LogP contribution in [0, 0.1) is 5.41 Å². The Balaban J connectivity index is 3.52. The van der Waals surface area contributed by atoms with Gasteiger partial charge in [-0.1, -0.05) is 0 Å². The molecule has 9 N–H and O–H groups in total. The molecule has 0 aliphatic carbocycles. The zero-order valence-electron chi connectivity index (χ0n) is 11.3. The number of hydrogen-bond donors (Lipinski definition) is 6. The summed E-state index contributed by atoms with van der Waals surface area (Å²) in [4.78, 5) is 0. The van der Waals surface area contributed by atoms with E-state index in [0.717, 1.165) is 58.4 Å². The van der Waals surface area contributed by atoms with Gasteiger partial charge in [0, 0.05) is 13.1 Å². The average molecular weight is 259 g/mol. The van der Waals surface area contributed by atoms with Crippen molar-refractivity contribution in [3.05, 3.63) is 0 Å². The SMILES string of the molecule is N=C(N)NN(CCCN)CCCCNCCCN. The summed E-state index contributed by atoms with van der Waals surface area (Å²) < 4.78 is 0. The van der Waals surface area contributed by atoms with E-state index in [2.05, 4.69) is 10.7 Å². The van der Waals surface area contributed by atoms with Crippen LogP contribution >= 0.6 is 0 Å². The first-order valence-corrected chi connectivity index (χ1v) is 6.67. The molecule has 7 nitrogen and oxygen atoms in total. The smallest absolute Gasteiger partial charge is 0.200 e. The van der Waals surface area contributed by atoms with E-state index < -0.39 is 0 Å². The number of nitrogens with zero attached hydrogens (tertiary/aromatic N) is 1. The van der Waals surface area contributed by atoms with E-state index in [4.69, 9.17) is 22.6 Å². The maximum absolute atomic E-state index is 7.22. The van der Waals surface area contributed by atoms with E-state index in [9.17, 15) is 0 Å². The summed E-state index contributed by atoms with van der Waals surface area (Å²) in [6, 6.07) is 0. The van der Waals surface area contributed by atoms with Crippen LogP contribution in [-0.2, 0) is 0 Å². The number of hydrogen-bond acceptors (Lipinski definition) is 5. The summed E-state index contributed by atoms with van der Waals surface area (Å²) in [6.45, 7) is 5.07. The van der Waals surface area contributed by atoms with Gasteiger partial charge in [0.05, 0.1) is 0 Å². The molecule has 0 aromatic rings. The van der Waals surface area contributed by atoms with Gasteiger partial charge in [-0.05, 0) is 51.9 Å². The van der Waals surface area contributed by atoms with Crippen molar-refractivity contribution in [2.75, 3.05) is 39.3 Å². The Labute approximate surface area is 110 Å². The quantitative estimate of drug-likeness (QED) is 0.112. The summed E-state index contributed by atoms with van der Waals surface area (Å²) in [5, 5.41) is 12.5. The Bertz CT molecular complexity index is 198. The van der Waals surface area contributed by atoms with Gasteiger partial charge in [-0.15, -0.1) is 0 Å². The normalized spacial score (nSPS) is 10.8. The van der Waals surface area contributed by atoms with Crippen molar-refractivity contribution in [1.82, 2.24) is 15.8 Å². The van der Waals surface area contributed by atoms with E-state index in [-0.39, 0.29) is 5.96 Å². The minimum absolute atomic E-state index is 0.0203. The molecular formula is C11H29N7. The summed E-state index contributed by atoms with van der Waals surface area (Å²) >= 11 is 0. The van der Waals surface area contributed by atoms with Crippen LogP contribution in [0.1, 0.15) is 25.7 Å². The fraction of sp³-hybridized carbons (Fsp3) is 0.909. The number of hydrazine groups is 1. The highest BCUT2D eigenvalue weighted by Crippen LogP contribution is 1.93. The largest absolute Gasteiger partial charge is 0.369 e. The fourth-order valence-electron chi connectivity index (χ4n) is 1.58. The van der Waals surface area contributed by atoms with Gasteiger partial charge in [-0.3, -0.25) is 10.8 Å². The van der Waals surface area contributed by atoms with Crippen LogP contribution in [-0.4, -0.2) is 50.2 Å². The molecule has 0 unspecified atom stereocenters. The van der Waals surface area contributed by atoms with Crippen LogP contribution in [0.4, 0.5) is 0 Å². The van der Waals surface area contributed by atoms with Crippen LogP contribution in [0.25, 0.3) is 0 Å². The lowest BCUT2D eigenvalue weighted by atomic mass is 10.3. The molecule has 0 aromatic carbocycles. The monoisotopic (exact) mass is 259 g/mol. The Kier molecular flexibility index (Phi) is 11.9. The Hall–Kier alpha value is -0.890. The Morgan fingerprint density at radius 3 is 2.17 bits per heavy atom. The Morgan fingerprint density at radius 2 is 1.56 bits per heavy atom. The molecule has 0 heterocycles. The number of unbranched alkanes of at least 4 members (excludes halogenated alkanes) is 1. The van der Waals surface area contributed by atoms with Crippen molar-refractivity contribution in [2.24, 2.45) is 17.2 Å². The topological polar surface area (TPSA) is 129 Å². The molecule has 0 spiro atoms. The number of rotatable bonds is 12. The van der Waals surface area contributed by atoms with Gasteiger partial charge in [0.25, 0.3) is 0 Å². The van der Waals surface area contributed by atoms with Gasteiger partial charge in [0.2, 0.25) is 5.96 Å². The molecule has 0 amide bonds. The minimum Gasteiger partial charge on any atom is -0.369 e. The van der Waals surface area contributed by atoms with Crippen molar-refractivity contribution in [3.8, 4) is 0 Å². The van der Waals surface area contributed by atoms with E-state index in [0.29, 0.717) is 6.54 Å². The standard InChI is InChI=1S/C11H29N7/c12-5-3-8-16-7-1-2-9-18(10-4-6-13)17-11(14)15/h16H,1-10,12-13H2,(H4,14,15,17). The van der Waals surface area contributed by atoms with Crippen LogP contribution in [0.3, 0.4) is 0 Å². The highest BCUT2D eigenvalue weighted by atomic mass is 15.5. The molecule has 0 rings (SSSR count). The lowest BCUT2D eigenvalue weighted by molar-refractivity contribution is 0.226. The lowest BCUT2D eigenvalue weighted by Crippen LogP contribution is -2.46. The van der Waals surface area contributed by atoms with Gasteiger partial charge in [0.1, 0.15) is 0 Å². The van der Waals surface area contributed by atoms with Gasteiger partial charge in [-0.2, -0.15) is 0 Å². The number of nitrogens with one attached hydrogen (secondary N) is 3. The molecule has 0 saturated heterocycles. The highest BCUT2D eigenvalue weighted by molar-refractivity contribution is 5.73. The molecule has 7 heteroatoms. The van der Waals surface area contributed by atoms with Crippen molar-refractivity contribution >= 4 is 5.96 Å². The third-order valence-corrected chi connectivity index (χ3v) is 2.50. The van der Waals surface area contributed by atoms with E-state index >= 15 is 0 Å². The lowest BCUT2D eigenvalue weighted by Gasteiger charge is -2.22. The first-order valence-electron chi connectivity index (χ1n) is 6.67. The summed E-state index contributed by atoms with van der Waals surface area (Å²) in [5.41, 5.74) is 19.0. The van der Waals surface area contributed by atoms with Crippen molar-refractivity contribution in [2.45, 2.75) is 25.7 Å². The molecule has 108 valence electrons. The number of nitrogens with two attached hydrogens (primary N) is 3. The molecule has 0 radical (unpaired) electrons. The van der Waals surface area contributed by atoms with E-state index in [1.807, 2.05) is 5.01 Å². The molecule has 0 fully saturated rings. The van der Waals surface area contributed by atoms with Gasteiger partial charge >= 0.3 is 0 Å². The molecule has 0 aromatic heterocycles. The summed E-state index contributed by atoms with van der Waals surface area (Å²) in [7, 11) is 0. The second kappa shape index (κ2) is 12.6. The highest BCUT2D eigenvalue weighted by Gasteiger charge is 2.03. The molecule has 0 bridgehead atoms. The second-order valence-corrected chi connectivity index (χ2v) is 4.25. The predicted molar refractivity (Wildman–Crippen MR) is 76.1 cm³/mol. The maximum atomic E-state index is 7.22. The molecule has 0 saturated carbocycles. The summed E-state index contributed by atoms with van der Waals surface area (Å²) in [6.07, 6.45) is 4.08. The van der Waals surface area contributed by atoms with Crippen LogP contribution in [0.2, 0.25) is 0 Å². The third kappa shape index (κ3) is 11.6. The van der Waals surface area contributed by atoms with E-state index in [1.54, 1.807) is 0 Å². The minimum atomic E-state index is -0.0203. The predicted octanol–water partition coefficient (Wildman–Crippen LogP) is -1.25. The van der Waals surface area contributed by atoms with Crippen LogP contribution in [0.5, 0.6) is 0 Å². The third-order valence-electron chi connectivity index (χ3n) is 2.50. The average Bonchev–Trinajstić information content (AvgIpc) is 2.34. The fourth-order valence-corrected chi connectivity index (χ4v) is 1.58. The number of guanidine groups is 1. The van der Waals surface area contributed by atoms with Crippen LogP contribution in [0.15, 0.2) is 0 Å². The first kappa shape index (κ1) is 17.1. The zero-order chi connectivity index (χ0) is 13.6. The van der Waals surface area contributed by atoms with Gasteiger partial charge < -0.3 is 22.5 Å². The Morgan fingerprint density at radius 1 is 0.944 bits per heavy atom. The summed E-state index contributed by atoms with van der Waals surface area (Å²) in [5.74, 6) is -0.0203. The second-order valence-electron chi connectivity index (χ2n) is 4.25. The molecule has 0 aliphatic rings. The van der Waals surface area contributed by atoms with Crippen molar-refractivity contribution in [3.63, 3.8) is 0 Å². The molecule has 0 aliphatic heterocycles. The first-order chi connectivity index (χ1) is 8.70. The van der Waals surface area contributed by atoms with Gasteiger partial charge in [-0.25, -0.2) is 5.01 Å². The molecular weight excluding hydrogens is 230 g/mol. The zero-order valence-corrected chi connectivity index (χ0v) is 11.3.